The van der Waals surface area contributed by atoms with Gasteiger partial charge < -0.3 is 14.7 Å². The monoisotopic (exact) mass is 371 g/mol. The van der Waals surface area contributed by atoms with Gasteiger partial charge in [0.05, 0.1) is 17.8 Å². The van der Waals surface area contributed by atoms with Gasteiger partial charge in [0.15, 0.2) is 0 Å². The topological polar surface area (TPSA) is 75.4 Å². The number of hydrogen-bond acceptors (Lipinski definition) is 5. The summed E-state index contributed by atoms with van der Waals surface area (Å²) >= 11 is 1.50. The Morgan fingerprint density at radius 3 is 3.00 bits per heavy atom. The van der Waals surface area contributed by atoms with Crippen LogP contribution in [-0.4, -0.2) is 52.5 Å². The van der Waals surface area contributed by atoms with Gasteiger partial charge in [-0.25, -0.2) is 0 Å². The van der Waals surface area contributed by atoms with Crippen molar-refractivity contribution < 1.29 is 14.1 Å². The number of aryl methyl sites for hydroxylation is 1. The predicted molar refractivity (Wildman–Crippen MR) is 99.9 cm³/mol. The minimum atomic E-state index is -0.148. The largest absolute Gasteiger partial charge is 0.350 e. The molecule has 5 rings (SSSR count). The van der Waals surface area contributed by atoms with E-state index in [0.717, 1.165) is 17.5 Å². The number of rotatable bonds is 5. The first-order valence-corrected chi connectivity index (χ1v) is 10.1. The van der Waals surface area contributed by atoms with E-state index in [4.69, 9.17) is 4.52 Å². The maximum Gasteiger partial charge on any atom is 0.292 e. The smallest absolute Gasteiger partial charge is 0.292 e. The zero-order valence-electron chi connectivity index (χ0n) is 14.8. The number of nitrogens with one attached hydrogen (secondary N) is 1. The fourth-order valence-electron chi connectivity index (χ4n) is 3.88. The summed E-state index contributed by atoms with van der Waals surface area (Å²) < 4.78 is 5.32. The van der Waals surface area contributed by atoms with Crippen LogP contribution in [0.5, 0.6) is 0 Å². The van der Waals surface area contributed by atoms with Crippen LogP contribution in [0.2, 0.25) is 0 Å². The molecule has 6 nitrogen and oxygen atoms in total. The van der Waals surface area contributed by atoms with Crippen molar-refractivity contribution in [2.75, 3.05) is 18.6 Å². The molecular weight excluding hydrogens is 350 g/mol. The van der Waals surface area contributed by atoms with Gasteiger partial charge in [-0.2, -0.15) is 11.8 Å². The number of hydrogen-bond donors (Lipinski definition) is 1. The van der Waals surface area contributed by atoms with Crippen LogP contribution in [0.1, 0.15) is 22.5 Å². The van der Waals surface area contributed by atoms with E-state index in [9.17, 15) is 9.59 Å². The molecule has 2 bridgehead atoms. The number of thioether (sulfide) groups is 1. The van der Waals surface area contributed by atoms with Crippen molar-refractivity contribution >= 4 is 23.6 Å². The van der Waals surface area contributed by atoms with E-state index in [-0.39, 0.29) is 29.7 Å². The number of aromatic nitrogens is 1. The summed E-state index contributed by atoms with van der Waals surface area (Å²) in [5.74, 6) is 0.932. The lowest BCUT2D eigenvalue weighted by atomic mass is 9.80. The van der Waals surface area contributed by atoms with Gasteiger partial charge in [0, 0.05) is 24.1 Å². The average Bonchev–Trinajstić information content (AvgIpc) is 3.33. The SMILES string of the molecule is CSCC(=O)N[C@@H]1[C@H]2C[C@@H]1N(C(=O)c1cc(-c3cccc(C)c3)no1)C2. The lowest BCUT2D eigenvalue weighted by molar-refractivity contribution is -0.120. The van der Waals surface area contributed by atoms with Gasteiger partial charge >= 0.3 is 0 Å². The van der Waals surface area contributed by atoms with Crippen molar-refractivity contribution in [3.63, 3.8) is 0 Å². The number of benzene rings is 1. The first-order valence-electron chi connectivity index (χ1n) is 8.70. The molecule has 2 saturated heterocycles. The molecule has 1 aromatic carbocycles. The Morgan fingerprint density at radius 2 is 2.23 bits per heavy atom. The van der Waals surface area contributed by atoms with Gasteiger partial charge in [-0.3, -0.25) is 9.59 Å². The molecule has 3 aliphatic rings. The molecule has 1 aliphatic carbocycles. The van der Waals surface area contributed by atoms with Crippen molar-refractivity contribution in [2.24, 2.45) is 5.92 Å². The Bertz CT molecular complexity index is 850. The van der Waals surface area contributed by atoms with Crippen molar-refractivity contribution in [1.82, 2.24) is 15.4 Å². The fourth-order valence-corrected chi connectivity index (χ4v) is 4.23. The third-order valence-electron chi connectivity index (χ3n) is 5.20. The zero-order valence-corrected chi connectivity index (χ0v) is 15.6. The average molecular weight is 371 g/mol. The summed E-state index contributed by atoms with van der Waals surface area (Å²) in [6.07, 6.45) is 2.84. The third-order valence-corrected chi connectivity index (χ3v) is 5.75. The normalized spacial score (nSPS) is 23.6. The lowest BCUT2D eigenvalue weighted by Gasteiger charge is -2.36. The Hall–Kier alpha value is -2.28. The van der Waals surface area contributed by atoms with E-state index in [0.29, 0.717) is 23.9 Å². The molecule has 0 spiro atoms. The van der Waals surface area contributed by atoms with Gasteiger partial charge in [-0.1, -0.05) is 28.9 Å². The maximum atomic E-state index is 12.8. The van der Waals surface area contributed by atoms with Crippen molar-refractivity contribution in [3.8, 4) is 11.3 Å². The van der Waals surface area contributed by atoms with Gasteiger partial charge in [-0.05, 0) is 25.7 Å². The highest BCUT2D eigenvalue weighted by molar-refractivity contribution is 7.99. The van der Waals surface area contributed by atoms with E-state index >= 15 is 0 Å². The molecule has 0 unspecified atom stereocenters. The van der Waals surface area contributed by atoms with Gasteiger partial charge in [0.2, 0.25) is 11.7 Å². The minimum absolute atomic E-state index is 0.0351. The molecule has 0 radical (unpaired) electrons. The Morgan fingerprint density at radius 1 is 1.38 bits per heavy atom. The highest BCUT2D eigenvalue weighted by Gasteiger charge is 2.54. The summed E-state index contributed by atoms with van der Waals surface area (Å²) in [6, 6.07) is 9.76. The summed E-state index contributed by atoms with van der Waals surface area (Å²) in [6.45, 7) is 2.67. The second-order valence-corrected chi connectivity index (χ2v) is 7.86. The van der Waals surface area contributed by atoms with E-state index in [2.05, 4.69) is 10.5 Å². The van der Waals surface area contributed by atoms with Crippen molar-refractivity contribution in [1.29, 1.82) is 0 Å². The number of carbonyl (C=O) groups is 2. The molecule has 2 amide bonds. The van der Waals surface area contributed by atoms with E-state index in [1.54, 1.807) is 6.07 Å². The molecule has 1 saturated carbocycles. The molecule has 3 fully saturated rings. The van der Waals surface area contributed by atoms with Crippen LogP contribution >= 0.6 is 11.8 Å². The number of nitrogens with zero attached hydrogens (tertiary/aromatic N) is 2. The fraction of sp³-hybridized carbons (Fsp3) is 0.421. The van der Waals surface area contributed by atoms with Crippen LogP contribution in [0.4, 0.5) is 0 Å². The molecule has 136 valence electrons. The van der Waals surface area contributed by atoms with Crippen LogP contribution in [0.15, 0.2) is 34.9 Å². The molecule has 3 heterocycles. The number of fused-ring (bicyclic) bond motifs is 1. The first-order chi connectivity index (χ1) is 12.6. The molecule has 26 heavy (non-hydrogen) atoms. The third kappa shape index (κ3) is 3.00. The quantitative estimate of drug-likeness (QED) is 0.873. The van der Waals surface area contributed by atoms with E-state index in [1.807, 2.05) is 42.3 Å². The molecule has 1 N–H and O–H groups in total. The molecule has 2 aromatic rings. The van der Waals surface area contributed by atoms with Crippen LogP contribution in [0.3, 0.4) is 0 Å². The minimum Gasteiger partial charge on any atom is -0.350 e. The first kappa shape index (κ1) is 17.1. The Balaban J connectivity index is 1.45. The summed E-state index contributed by atoms with van der Waals surface area (Å²) in [7, 11) is 0. The van der Waals surface area contributed by atoms with Gasteiger partial charge in [0.25, 0.3) is 5.91 Å². The molecule has 2 aliphatic heterocycles. The summed E-state index contributed by atoms with van der Waals surface area (Å²) in [5, 5.41) is 7.11. The number of carbonyl (C=O) groups excluding carboxylic acids is 2. The van der Waals surface area contributed by atoms with Crippen molar-refractivity contribution in [2.45, 2.75) is 25.4 Å². The van der Waals surface area contributed by atoms with Crippen LogP contribution in [0.25, 0.3) is 11.3 Å². The second-order valence-electron chi connectivity index (χ2n) is 6.99. The number of amides is 2. The lowest BCUT2D eigenvalue weighted by Crippen LogP contribution is -2.55. The van der Waals surface area contributed by atoms with Crippen LogP contribution in [0, 0.1) is 12.8 Å². The molecule has 1 aromatic heterocycles. The second kappa shape index (κ2) is 6.79. The maximum absolute atomic E-state index is 12.8. The highest BCUT2D eigenvalue weighted by atomic mass is 32.2. The van der Waals surface area contributed by atoms with E-state index < -0.39 is 0 Å². The van der Waals surface area contributed by atoms with Crippen LogP contribution < -0.4 is 5.32 Å². The zero-order chi connectivity index (χ0) is 18.3. The molecular formula is C19H21N3O3S. The highest BCUT2D eigenvalue weighted by Crippen LogP contribution is 2.42. The van der Waals surface area contributed by atoms with E-state index in [1.165, 1.54) is 11.8 Å². The Labute approximate surface area is 156 Å². The summed E-state index contributed by atoms with van der Waals surface area (Å²) in [4.78, 5) is 26.5. The van der Waals surface area contributed by atoms with Crippen molar-refractivity contribution in [3.05, 3.63) is 41.7 Å². The molecule has 3 atom stereocenters. The van der Waals surface area contributed by atoms with Crippen LogP contribution in [-0.2, 0) is 4.79 Å². The molecule has 7 heteroatoms. The summed E-state index contributed by atoms with van der Waals surface area (Å²) in [5.41, 5.74) is 2.72. The standard InChI is InChI=1S/C19H21N3O3S/c1-11-4-3-5-12(6-11)14-8-16(25-21-14)19(24)22-9-13-7-15(22)18(13)20-17(23)10-26-2/h3-6,8,13,15,18H,7,9-10H2,1-2H3,(H,20,23)/t13-,15-,18+/m0/s1. The van der Waals surface area contributed by atoms with Gasteiger partial charge in [-0.15, -0.1) is 0 Å². The Kier molecular flexibility index (Phi) is 4.48. The van der Waals surface area contributed by atoms with Gasteiger partial charge in [0.1, 0.15) is 5.69 Å². The predicted octanol–water partition coefficient (Wildman–Crippen LogP) is 2.34.